The van der Waals surface area contributed by atoms with E-state index in [1.165, 1.54) is 0 Å². The molecular weight excluding hydrogens is 156 g/mol. The minimum absolute atomic E-state index is 0.365. The monoisotopic (exact) mass is 163 g/mol. The largest absolute Gasteiger partial charge is 0.349 e. The SMILES string of the molecule is C=CCS(=O)(=O)[N]C(N)=O. The smallest absolute Gasteiger partial charge is 0.349 e. The van der Waals surface area contributed by atoms with Crippen molar-refractivity contribution >= 4 is 16.1 Å². The van der Waals surface area contributed by atoms with E-state index in [0.717, 1.165) is 6.08 Å². The highest BCUT2D eigenvalue weighted by Gasteiger charge is 2.11. The van der Waals surface area contributed by atoms with Crippen LogP contribution in [0.2, 0.25) is 0 Å². The molecule has 0 aromatic carbocycles. The molecule has 0 unspecified atom stereocenters. The summed E-state index contributed by atoms with van der Waals surface area (Å²) in [4.78, 5) is 9.93. The van der Waals surface area contributed by atoms with Crippen molar-refractivity contribution in [3.63, 3.8) is 0 Å². The van der Waals surface area contributed by atoms with Crippen LogP contribution in [0.4, 0.5) is 4.79 Å². The highest BCUT2D eigenvalue weighted by molar-refractivity contribution is 7.90. The highest BCUT2D eigenvalue weighted by Crippen LogP contribution is 1.84. The van der Waals surface area contributed by atoms with E-state index in [2.05, 4.69) is 17.0 Å². The van der Waals surface area contributed by atoms with Crippen LogP contribution in [0.1, 0.15) is 0 Å². The van der Waals surface area contributed by atoms with Gasteiger partial charge in [-0.25, -0.2) is 13.2 Å². The van der Waals surface area contributed by atoms with Crippen molar-refractivity contribution in [1.29, 1.82) is 0 Å². The van der Waals surface area contributed by atoms with Crippen LogP contribution in [-0.2, 0) is 10.0 Å². The number of nitrogens with zero attached hydrogens (tertiary/aromatic N) is 1. The molecule has 0 aliphatic rings. The Kier molecular flexibility index (Phi) is 2.88. The minimum Gasteiger partial charge on any atom is -0.349 e. The van der Waals surface area contributed by atoms with Gasteiger partial charge in [-0.3, -0.25) is 0 Å². The van der Waals surface area contributed by atoms with Gasteiger partial charge >= 0.3 is 6.03 Å². The first-order chi connectivity index (χ1) is 4.48. The summed E-state index contributed by atoms with van der Waals surface area (Å²) < 4.78 is 23.6. The Labute approximate surface area is 59.0 Å². The molecule has 1 radical (unpaired) electrons. The fourth-order valence-corrected chi connectivity index (χ4v) is 0.970. The number of sulfonamides is 1. The lowest BCUT2D eigenvalue weighted by Gasteiger charge is -1.94. The number of hydrogen-bond donors (Lipinski definition) is 1. The van der Waals surface area contributed by atoms with Crippen LogP contribution < -0.4 is 10.5 Å². The standard InChI is InChI=1S/C4H7N2O3S/c1-2-3-10(8,9)6-4(5)7/h2H,1,3H2,(H2,5,7). The third-order valence-corrected chi connectivity index (χ3v) is 1.67. The van der Waals surface area contributed by atoms with Crippen LogP contribution in [0.3, 0.4) is 0 Å². The molecule has 0 atom stereocenters. The van der Waals surface area contributed by atoms with Crippen LogP contribution in [0.5, 0.6) is 0 Å². The lowest BCUT2D eigenvalue weighted by atomic mass is 10.8. The zero-order chi connectivity index (χ0) is 8.20. The van der Waals surface area contributed by atoms with Gasteiger partial charge in [-0.05, 0) is 0 Å². The lowest BCUT2D eigenvalue weighted by Crippen LogP contribution is -2.29. The minimum atomic E-state index is -3.70. The molecule has 0 aliphatic carbocycles. The van der Waals surface area contributed by atoms with Crippen molar-refractivity contribution in [3.8, 4) is 0 Å². The number of primary amides is 1. The Hall–Kier alpha value is -1.04. The summed E-state index contributed by atoms with van der Waals surface area (Å²) in [6.45, 7) is 3.16. The number of amides is 2. The second-order valence-corrected chi connectivity index (χ2v) is 3.15. The summed E-state index contributed by atoms with van der Waals surface area (Å²) in [7, 11) is -3.70. The Bertz CT molecular complexity index is 231. The predicted molar refractivity (Wildman–Crippen MR) is 35.7 cm³/mol. The van der Waals surface area contributed by atoms with Gasteiger partial charge in [0.1, 0.15) is 0 Å². The molecule has 0 aromatic heterocycles. The maximum atomic E-state index is 10.5. The molecule has 2 N–H and O–H groups in total. The van der Waals surface area contributed by atoms with Crippen LogP contribution in [-0.4, -0.2) is 20.2 Å². The van der Waals surface area contributed by atoms with E-state index in [1.807, 2.05) is 0 Å². The Morgan fingerprint density at radius 1 is 1.70 bits per heavy atom. The molecular formula is C4H7N2O3S. The lowest BCUT2D eigenvalue weighted by molar-refractivity contribution is 0.253. The molecule has 0 saturated heterocycles. The summed E-state index contributed by atoms with van der Waals surface area (Å²) in [5.41, 5.74) is 4.49. The maximum Gasteiger partial charge on any atom is 0.349 e. The molecule has 10 heavy (non-hydrogen) atoms. The number of carbonyl (C=O) groups excluding carboxylic acids is 1. The zero-order valence-corrected chi connectivity index (χ0v) is 5.97. The third-order valence-electron chi connectivity index (χ3n) is 0.558. The molecule has 0 spiro atoms. The molecule has 0 aliphatic heterocycles. The molecule has 6 heteroatoms. The maximum absolute atomic E-state index is 10.5. The number of rotatable bonds is 3. The molecule has 0 saturated carbocycles. The first-order valence-electron chi connectivity index (χ1n) is 2.34. The van der Waals surface area contributed by atoms with Gasteiger partial charge in [0.25, 0.3) is 10.0 Å². The Balaban J connectivity index is 4.14. The van der Waals surface area contributed by atoms with Crippen molar-refractivity contribution in [3.05, 3.63) is 12.7 Å². The average Bonchev–Trinajstić information content (AvgIpc) is 1.59. The normalized spacial score (nSPS) is 10.4. The van der Waals surface area contributed by atoms with Gasteiger partial charge in [-0.15, -0.1) is 11.3 Å². The van der Waals surface area contributed by atoms with E-state index < -0.39 is 16.1 Å². The molecule has 0 heterocycles. The van der Waals surface area contributed by atoms with Gasteiger partial charge in [-0.1, -0.05) is 6.08 Å². The van der Waals surface area contributed by atoms with Crippen molar-refractivity contribution in [2.45, 2.75) is 0 Å². The summed E-state index contributed by atoms with van der Waals surface area (Å²) in [6, 6.07) is -1.21. The van der Waals surface area contributed by atoms with Crippen molar-refractivity contribution in [2.75, 3.05) is 5.75 Å². The first-order valence-corrected chi connectivity index (χ1v) is 3.95. The second-order valence-electron chi connectivity index (χ2n) is 1.47. The zero-order valence-electron chi connectivity index (χ0n) is 5.15. The van der Waals surface area contributed by atoms with Crippen molar-refractivity contribution in [2.24, 2.45) is 5.73 Å². The van der Waals surface area contributed by atoms with E-state index in [-0.39, 0.29) is 5.75 Å². The van der Waals surface area contributed by atoms with Crippen LogP contribution in [0.25, 0.3) is 0 Å². The summed E-state index contributed by atoms with van der Waals surface area (Å²) in [6.07, 6.45) is 1.13. The van der Waals surface area contributed by atoms with Gasteiger partial charge in [0.15, 0.2) is 0 Å². The fourth-order valence-electron chi connectivity index (χ4n) is 0.323. The first kappa shape index (κ1) is 8.96. The van der Waals surface area contributed by atoms with E-state index in [9.17, 15) is 13.2 Å². The van der Waals surface area contributed by atoms with E-state index in [4.69, 9.17) is 0 Å². The van der Waals surface area contributed by atoms with Gasteiger partial charge in [-0.2, -0.15) is 0 Å². The van der Waals surface area contributed by atoms with E-state index in [0.29, 0.717) is 0 Å². The Morgan fingerprint density at radius 2 is 2.20 bits per heavy atom. The third kappa shape index (κ3) is 3.90. The van der Waals surface area contributed by atoms with Crippen molar-refractivity contribution < 1.29 is 13.2 Å². The fraction of sp³-hybridized carbons (Fsp3) is 0.250. The number of carbonyl (C=O) groups is 1. The number of urea groups is 1. The number of hydrogen-bond acceptors (Lipinski definition) is 3. The topological polar surface area (TPSA) is 91.3 Å². The number of nitrogens with two attached hydrogens (primary N) is 1. The van der Waals surface area contributed by atoms with Crippen LogP contribution in [0, 0.1) is 0 Å². The van der Waals surface area contributed by atoms with Crippen LogP contribution in [0.15, 0.2) is 12.7 Å². The molecule has 2 amide bonds. The molecule has 57 valence electrons. The Morgan fingerprint density at radius 3 is 2.50 bits per heavy atom. The average molecular weight is 163 g/mol. The van der Waals surface area contributed by atoms with Gasteiger partial charge < -0.3 is 5.73 Å². The molecule has 0 rings (SSSR count). The molecule has 0 fully saturated rings. The summed E-state index contributed by atoms with van der Waals surface area (Å²) in [5, 5.41) is 0. The summed E-state index contributed by atoms with van der Waals surface area (Å²) in [5.74, 6) is -0.365. The van der Waals surface area contributed by atoms with E-state index in [1.54, 1.807) is 0 Å². The van der Waals surface area contributed by atoms with Gasteiger partial charge in [0.05, 0.1) is 5.75 Å². The van der Waals surface area contributed by atoms with Crippen molar-refractivity contribution in [1.82, 2.24) is 4.72 Å². The highest BCUT2D eigenvalue weighted by atomic mass is 32.2. The summed E-state index contributed by atoms with van der Waals surface area (Å²) >= 11 is 0. The van der Waals surface area contributed by atoms with E-state index >= 15 is 0 Å². The van der Waals surface area contributed by atoms with Gasteiger partial charge in [0.2, 0.25) is 0 Å². The quantitative estimate of drug-likeness (QED) is 0.551. The molecule has 0 aromatic rings. The second kappa shape index (κ2) is 3.21. The molecule has 0 bridgehead atoms. The molecule has 5 nitrogen and oxygen atoms in total. The predicted octanol–water partition coefficient (Wildman–Crippen LogP) is -0.815. The van der Waals surface area contributed by atoms with Crippen LogP contribution >= 0.6 is 0 Å². The van der Waals surface area contributed by atoms with Gasteiger partial charge in [0, 0.05) is 0 Å².